The number of carbonyl (C=O) groups is 1. The predicted octanol–water partition coefficient (Wildman–Crippen LogP) is -1.04. The molecule has 5 nitrogen and oxygen atoms in total. The standard InChI is InChI=1S/C9H18N4O/c14-9(12-8-1-2-11-7-8)13-5-3-10-4-6-13/h8,10-11H,1-7H2,(H,12,14). The van der Waals surface area contributed by atoms with Crippen molar-refractivity contribution in [2.75, 3.05) is 39.3 Å². The molecule has 0 aliphatic carbocycles. The number of amides is 2. The summed E-state index contributed by atoms with van der Waals surface area (Å²) in [5.41, 5.74) is 0. The van der Waals surface area contributed by atoms with E-state index in [1.165, 1.54) is 0 Å². The van der Waals surface area contributed by atoms with Crippen molar-refractivity contribution in [2.24, 2.45) is 0 Å². The number of hydrogen-bond donors (Lipinski definition) is 3. The van der Waals surface area contributed by atoms with Crippen molar-refractivity contribution in [1.29, 1.82) is 0 Å². The Labute approximate surface area is 84.2 Å². The molecule has 2 fully saturated rings. The molecule has 0 saturated carbocycles. The van der Waals surface area contributed by atoms with E-state index in [4.69, 9.17) is 0 Å². The van der Waals surface area contributed by atoms with E-state index < -0.39 is 0 Å². The predicted molar refractivity (Wildman–Crippen MR) is 54.2 cm³/mol. The van der Waals surface area contributed by atoms with Crippen molar-refractivity contribution in [3.05, 3.63) is 0 Å². The van der Waals surface area contributed by atoms with Crippen molar-refractivity contribution in [3.63, 3.8) is 0 Å². The van der Waals surface area contributed by atoms with E-state index in [-0.39, 0.29) is 6.03 Å². The minimum Gasteiger partial charge on any atom is -0.334 e. The molecule has 0 aromatic carbocycles. The van der Waals surface area contributed by atoms with Crippen LogP contribution in [0, 0.1) is 0 Å². The smallest absolute Gasteiger partial charge is 0.317 e. The second kappa shape index (κ2) is 4.61. The minimum absolute atomic E-state index is 0.0974. The summed E-state index contributed by atoms with van der Waals surface area (Å²) >= 11 is 0. The molecule has 0 aromatic heterocycles. The molecule has 0 spiro atoms. The first-order valence-electron chi connectivity index (χ1n) is 5.33. The van der Waals surface area contributed by atoms with Crippen LogP contribution in [0.1, 0.15) is 6.42 Å². The molecular formula is C9H18N4O. The van der Waals surface area contributed by atoms with E-state index in [2.05, 4.69) is 16.0 Å². The normalized spacial score (nSPS) is 27.7. The quantitative estimate of drug-likeness (QED) is 0.504. The fourth-order valence-electron chi connectivity index (χ4n) is 1.91. The lowest BCUT2D eigenvalue weighted by molar-refractivity contribution is 0.187. The van der Waals surface area contributed by atoms with Gasteiger partial charge in [-0.25, -0.2) is 4.79 Å². The maximum atomic E-state index is 11.7. The average Bonchev–Trinajstić information content (AvgIpc) is 2.72. The van der Waals surface area contributed by atoms with Gasteiger partial charge in [0, 0.05) is 38.8 Å². The van der Waals surface area contributed by atoms with E-state index in [0.29, 0.717) is 6.04 Å². The molecule has 2 rings (SSSR count). The molecule has 2 saturated heterocycles. The fourth-order valence-corrected chi connectivity index (χ4v) is 1.91. The van der Waals surface area contributed by atoms with Gasteiger partial charge >= 0.3 is 6.03 Å². The SMILES string of the molecule is O=C(NC1CCNC1)N1CCNCC1. The zero-order chi connectivity index (χ0) is 9.80. The van der Waals surface area contributed by atoms with Crippen molar-refractivity contribution < 1.29 is 4.79 Å². The van der Waals surface area contributed by atoms with Gasteiger partial charge in [-0.15, -0.1) is 0 Å². The topological polar surface area (TPSA) is 56.4 Å². The Morgan fingerprint density at radius 1 is 1.21 bits per heavy atom. The van der Waals surface area contributed by atoms with Crippen molar-refractivity contribution >= 4 is 6.03 Å². The lowest BCUT2D eigenvalue weighted by Crippen LogP contribution is -2.52. The van der Waals surface area contributed by atoms with Crippen LogP contribution < -0.4 is 16.0 Å². The fraction of sp³-hybridized carbons (Fsp3) is 0.889. The minimum atomic E-state index is 0.0974. The van der Waals surface area contributed by atoms with E-state index in [1.807, 2.05) is 4.90 Å². The van der Waals surface area contributed by atoms with Crippen LogP contribution in [-0.2, 0) is 0 Å². The molecule has 80 valence electrons. The van der Waals surface area contributed by atoms with Gasteiger partial charge in [-0.2, -0.15) is 0 Å². The maximum Gasteiger partial charge on any atom is 0.317 e. The summed E-state index contributed by atoms with van der Waals surface area (Å²) in [6.07, 6.45) is 1.05. The Balaban J connectivity index is 1.75. The third-order valence-corrected chi connectivity index (χ3v) is 2.79. The number of nitrogens with one attached hydrogen (secondary N) is 3. The molecule has 3 N–H and O–H groups in total. The highest BCUT2D eigenvalue weighted by Gasteiger charge is 2.21. The van der Waals surface area contributed by atoms with E-state index in [0.717, 1.165) is 45.7 Å². The number of carbonyl (C=O) groups excluding carboxylic acids is 1. The average molecular weight is 198 g/mol. The zero-order valence-corrected chi connectivity index (χ0v) is 8.38. The summed E-state index contributed by atoms with van der Waals surface area (Å²) in [6, 6.07) is 0.428. The van der Waals surface area contributed by atoms with Crippen LogP contribution in [0.3, 0.4) is 0 Å². The number of urea groups is 1. The lowest BCUT2D eigenvalue weighted by atomic mass is 10.2. The van der Waals surface area contributed by atoms with Gasteiger partial charge < -0.3 is 20.9 Å². The van der Waals surface area contributed by atoms with Crippen LogP contribution >= 0.6 is 0 Å². The molecule has 2 heterocycles. The highest BCUT2D eigenvalue weighted by molar-refractivity contribution is 5.74. The van der Waals surface area contributed by atoms with Gasteiger partial charge in [0.1, 0.15) is 0 Å². The highest BCUT2D eigenvalue weighted by atomic mass is 16.2. The first-order chi connectivity index (χ1) is 6.86. The van der Waals surface area contributed by atoms with Crippen molar-refractivity contribution in [1.82, 2.24) is 20.9 Å². The first kappa shape index (κ1) is 9.73. The van der Waals surface area contributed by atoms with Gasteiger partial charge in [0.25, 0.3) is 0 Å². The van der Waals surface area contributed by atoms with Crippen molar-refractivity contribution in [3.8, 4) is 0 Å². The number of rotatable bonds is 1. The number of piperazine rings is 1. The molecule has 1 unspecified atom stereocenters. The lowest BCUT2D eigenvalue weighted by Gasteiger charge is -2.28. The van der Waals surface area contributed by atoms with Gasteiger partial charge in [-0.3, -0.25) is 0 Å². The molecule has 5 heteroatoms. The number of nitrogens with zero attached hydrogens (tertiary/aromatic N) is 1. The zero-order valence-electron chi connectivity index (χ0n) is 8.38. The van der Waals surface area contributed by atoms with Gasteiger partial charge in [-0.1, -0.05) is 0 Å². The Morgan fingerprint density at radius 2 is 2.00 bits per heavy atom. The first-order valence-corrected chi connectivity index (χ1v) is 5.33. The third kappa shape index (κ3) is 2.36. The van der Waals surface area contributed by atoms with Crippen LogP contribution in [0.4, 0.5) is 4.79 Å². The molecule has 0 bridgehead atoms. The summed E-state index contributed by atoms with van der Waals surface area (Å²) in [5, 5.41) is 9.51. The molecule has 2 aliphatic rings. The Kier molecular flexibility index (Phi) is 3.21. The largest absolute Gasteiger partial charge is 0.334 e. The van der Waals surface area contributed by atoms with Crippen LogP contribution in [0.25, 0.3) is 0 Å². The van der Waals surface area contributed by atoms with E-state index >= 15 is 0 Å². The number of hydrogen-bond acceptors (Lipinski definition) is 3. The third-order valence-electron chi connectivity index (χ3n) is 2.79. The molecule has 2 aliphatic heterocycles. The summed E-state index contributed by atoms with van der Waals surface area (Å²) in [6.45, 7) is 5.41. The summed E-state index contributed by atoms with van der Waals surface area (Å²) in [4.78, 5) is 13.6. The molecule has 14 heavy (non-hydrogen) atoms. The molecule has 1 atom stereocenters. The maximum absolute atomic E-state index is 11.7. The van der Waals surface area contributed by atoms with Gasteiger partial charge in [0.05, 0.1) is 0 Å². The Bertz CT molecular complexity index is 197. The van der Waals surface area contributed by atoms with Crippen LogP contribution in [0.5, 0.6) is 0 Å². The van der Waals surface area contributed by atoms with E-state index in [1.54, 1.807) is 0 Å². The molecular weight excluding hydrogens is 180 g/mol. The van der Waals surface area contributed by atoms with E-state index in [9.17, 15) is 4.79 Å². The second-order valence-corrected chi connectivity index (χ2v) is 3.88. The Morgan fingerprint density at radius 3 is 2.64 bits per heavy atom. The van der Waals surface area contributed by atoms with Gasteiger partial charge in [0.15, 0.2) is 0 Å². The van der Waals surface area contributed by atoms with Crippen LogP contribution in [0.15, 0.2) is 0 Å². The summed E-state index contributed by atoms with van der Waals surface area (Å²) < 4.78 is 0. The molecule has 0 aromatic rings. The highest BCUT2D eigenvalue weighted by Crippen LogP contribution is 1.99. The van der Waals surface area contributed by atoms with Crippen LogP contribution in [-0.4, -0.2) is 56.2 Å². The van der Waals surface area contributed by atoms with Gasteiger partial charge in [-0.05, 0) is 13.0 Å². The summed E-state index contributed by atoms with van der Waals surface area (Å²) in [5.74, 6) is 0. The van der Waals surface area contributed by atoms with Gasteiger partial charge in [0.2, 0.25) is 0 Å². The Hall–Kier alpha value is -0.810. The second-order valence-electron chi connectivity index (χ2n) is 3.88. The molecule has 0 radical (unpaired) electrons. The van der Waals surface area contributed by atoms with Crippen molar-refractivity contribution in [2.45, 2.75) is 12.5 Å². The summed E-state index contributed by atoms with van der Waals surface area (Å²) in [7, 11) is 0. The van der Waals surface area contributed by atoms with Crippen LogP contribution in [0.2, 0.25) is 0 Å². The molecule has 2 amide bonds. The monoisotopic (exact) mass is 198 g/mol.